The zero-order chi connectivity index (χ0) is 13.9. The normalized spacial score (nSPS) is 11.1. The minimum absolute atomic E-state index is 0.0734. The van der Waals surface area contributed by atoms with Gasteiger partial charge in [0, 0.05) is 22.5 Å². The predicted octanol–water partition coefficient (Wildman–Crippen LogP) is 2.64. The van der Waals surface area contributed by atoms with E-state index in [4.69, 9.17) is 0 Å². The van der Waals surface area contributed by atoms with Crippen LogP contribution in [-0.4, -0.2) is 21.7 Å². The molecule has 1 rings (SSSR count). The first-order chi connectivity index (χ1) is 8.25. The summed E-state index contributed by atoms with van der Waals surface area (Å²) in [4.78, 5) is 21.7. The lowest BCUT2D eigenvalue weighted by molar-refractivity contribution is -0.385. The first kappa shape index (κ1) is 14.6. The van der Waals surface area contributed by atoms with Gasteiger partial charge in [0.1, 0.15) is 5.82 Å². The van der Waals surface area contributed by atoms with Crippen LogP contribution in [0.2, 0.25) is 0 Å². The van der Waals surface area contributed by atoms with Gasteiger partial charge in [-0.15, -0.1) is 0 Å². The summed E-state index contributed by atoms with van der Waals surface area (Å²) in [5.41, 5.74) is -1.05. The van der Waals surface area contributed by atoms with E-state index >= 15 is 0 Å². The number of hydrogen-bond acceptors (Lipinski definition) is 3. The fourth-order valence-electron chi connectivity index (χ4n) is 1.22. The van der Waals surface area contributed by atoms with Crippen molar-refractivity contribution in [1.82, 2.24) is 5.32 Å². The molecule has 0 aliphatic heterocycles. The number of nitro benzene ring substituents is 1. The van der Waals surface area contributed by atoms with Crippen molar-refractivity contribution in [2.24, 2.45) is 0 Å². The summed E-state index contributed by atoms with van der Waals surface area (Å²) >= 11 is 3.23. The lowest BCUT2D eigenvalue weighted by atomic mass is 10.1. The summed E-state index contributed by atoms with van der Waals surface area (Å²) in [5.74, 6) is -1.37. The SMILES string of the molecule is CC(C)(CBr)NC(=O)c1cc(F)cc([N+](=O)[O-])c1. The molecule has 1 amide bonds. The maximum atomic E-state index is 13.2. The molecule has 0 unspecified atom stereocenters. The third-order valence-corrected chi connectivity index (χ3v) is 3.54. The van der Waals surface area contributed by atoms with Crippen molar-refractivity contribution < 1.29 is 14.1 Å². The van der Waals surface area contributed by atoms with Crippen LogP contribution >= 0.6 is 15.9 Å². The molecule has 5 nitrogen and oxygen atoms in total. The molecule has 0 aliphatic carbocycles. The number of non-ortho nitro benzene ring substituents is 1. The molecule has 1 aromatic carbocycles. The Morgan fingerprint density at radius 3 is 2.61 bits per heavy atom. The molecule has 1 aromatic rings. The molecule has 98 valence electrons. The number of carbonyl (C=O) groups excluding carboxylic acids is 1. The predicted molar refractivity (Wildman–Crippen MR) is 68.4 cm³/mol. The summed E-state index contributed by atoms with van der Waals surface area (Å²) in [7, 11) is 0. The number of nitrogens with one attached hydrogen (secondary N) is 1. The minimum Gasteiger partial charge on any atom is -0.346 e. The molecule has 7 heteroatoms. The van der Waals surface area contributed by atoms with E-state index in [2.05, 4.69) is 21.2 Å². The van der Waals surface area contributed by atoms with E-state index in [-0.39, 0.29) is 5.56 Å². The Bertz CT molecular complexity index is 491. The second-order valence-electron chi connectivity index (χ2n) is 4.43. The van der Waals surface area contributed by atoms with Gasteiger partial charge in [0.2, 0.25) is 0 Å². The second-order valence-corrected chi connectivity index (χ2v) is 4.99. The van der Waals surface area contributed by atoms with Crippen molar-refractivity contribution in [3.8, 4) is 0 Å². The van der Waals surface area contributed by atoms with E-state index in [1.807, 2.05) is 0 Å². The fourth-order valence-corrected chi connectivity index (χ4v) is 1.36. The smallest absolute Gasteiger partial charge is 0.273 e. The highest BCUT2D eigenvalue weighted by Crippen LogP contribution is 2.17. The number of alkyl halides is 1. The Labute approximate surface area is 112 Å². The summed E-state index contributed by atoms with van der Waals surface area (Å²) in [5, 5.41) is 13.7. The Hall–Kier alpha value is -1.50. The molecule has 0 atom stereocenters. The van der Waals surface area contributed by atoms with E-state index in [1.165, 1.54) is 0 Å². The first-order valence-electron chi connectivity index (χ1n) is 5.08. The second kappa shape index (κ2) is 5.43. The topological polar surface area (TPSA) is 72.2 Å². The van der Waals surface area contributed by atoms with E-state index in [9.17, 15) is 19.3 Å². The zero-order valence-electron chi connectivity index (χ0n) is 9.87. The Morgan fingerprint density at radius 2 is 2.11 bits per heavy atom. The van der Waals surface area contributed by atoms with Crippen LogP contribution in [0, 0.1) is 15.9 Å². The van der Waals surface area contributed by atoms with Gasteiger partial charge in [-0.05, 0) is 19.9 Å². The van der Waals surface area contributed by atoms with Crippen molar-refractivity contribution in [1.29, 1.82) is 0 Å². The highest BCUT2D eigenvalue weighted by Gasteiger charge is 2.21. The molecular weight excluding hydrogens is 307 g/mol. The largest absolute Gasteiger partial charge is 0.346 e. The van der Waals surface area contributed by atoms with Crippen LogP contribution in [0.15, 0.2) is 18.2 Å². The van der Waals surface area contributed by atoms with Gasteiger partial charge in [-0.1, -0.05) is 15.9 Å². The van der Waals surface area contributed by atoms with Crippen LogP contribution in [0.5, 0.6) is 0 Å². The summed E-state index contributed by atoms with van der Waals surface area (Å²) in [6, 6.07) is 2.78. The number of hydrogen-bond donors (Lipinski definition) is 1. The molecule has 0 fully saturated rings. The quantitative estimate of drug-likeness (QED) is 0.527. The molecule has 1 N–H and O–H groups in total. The van der Waals surface area contributed by atoms with Crippen molar-refractivity contribution >= 4 is 27.5 Å². The van der Waals surface area contributed by atoms with Gasteiger partial charge in [-0.25, -0.2) is 4.39 Å². The molecule has 18 heavy (non-hydrogen) atoms. The number of nitro groups is 1. The number of carbonyl (C=O) groups is 1. The highest BCUT2D eigenvalue weighted by molar-refractivity contribution is 9.09. The average molecular weight is 319 g/mol. The van der Waals surface area contributed by atoms with Gasteiger partial charge in [0.05, 0.1) is 11.0 Å². The molecule has 0 radical (unpaired) electrons. The van der Waals surface area contributed by atoms with Crippen LogP contribution in [0.25, 0.3) is 0 Å². The monoisotopic (exact) mass is 318 g/mol. The first-order valence-corrected chi connectivity index (χ1v) is 6.21. The van der Waals surface area contributed by atoms with E-state index in [0.717, 1.165) is 18.2 Å². The van der Waals surface area contributed by atoms with Crippen LogP contribution in [0.3, 0.4) is 0 Å². The summed E-state index contributed by atoms with van der Waals surface area (Å²) < 4.78 is 13.2. The highest BCUT2D eigenvalue weighted by atomic mass is 79.9. The lowest BCUT2D eigenvalue weighted by Gasteiger charge is -2.23. The van der Waals surface area contributed by atoms with Crippen molar-refractivity contribution in [2.75, 3.05) is 5.33 Å². The molecule has 0 saturated heterocycles. The summed E-state index contributed by atoms with van der Waals surface area (Å²) in [6.45, 7) is 3.54. The van der Waals surface area contributed by atoms with E-state index in [0.29, 0.717) is 5.33 Å². The Kier molecular flexibility index (Phi) is 4.39. The lowest BCUT2D eigenvalue weighted by Crippen LogP contribution is -2.44. The van der Waals surface area contributed by atoms with Crippen LogP contribution in [-0.2, 0) is 0 Å². The maximum Gasteiger partial charge on any atom is 0.273 e. The molecule has 0 saturated carbocycles. The van der Waals surface area contributed by atoms with E-state index < -0.39 is 27.9 Å². The van der Waals surface area contributed by atoms with Gasteiger partial charge in [0.25, 0.3) is 11.6 Å². The van der Waals surface area contributed by atoms with E-state index in [1.54, 1.807) is 13.8 Å². The summed E-state index contributed by atoms with van der Waals surface area (Å²) in [6.07, 6.45) is 0. The van der Waals surface area contributed by atoms with Crippen molar-refractivity contribution in [3.05, 3.63) is 39.7 Å². The average Bonchev–Trinajstić information content (AvgIpc) is 2.27. The van der Waals surface area contributed by atoms with Gasteiger partial charge in [-0.2, -0.15) is 0 Å². The van der Waals surface area contributed by atoms with Gasteiger partial charge >= 0.3 is 0 Å². The number of nitrogens with zero attached hydrogens (tertiary/aromatic N) is 1. The Balaban J connectivity index is 3.03. The Morgan fingerprint density at radius 1 is 1.50 bits per heavy atom. The minimum atomic E-state index is -0.814. The molecule has 0 heterocycles. The van der Waals surface area contributed by atoms with Gasteiger partial charge < -0.3 is 5.32 Å². The maximum absolute atomic E-state index is 13.2. The molecule has 0 bridgehead atoms. The van der Waals surface area contributed by atoms with Crippen LogP contribution in [0.1, 0.15) is 24.2 Å². The van der Waals surface area contributed by atoms with Crippen LogP contribution < -0.4 is 5.32 Å². The standard InChI is InChI=1S/C11H12BrFN2O3/c1-11(2,6-12)14-10(16)7-3-8(13)5-9(4-7)15(17)18/h3-5H,6H2,1-2H3,(H,14,16). The molecule has 0 spiro atoms. The van der Waals surface area contributed by atoms with Gasteiger partial charge in [-0.3, -0.25) is 14.9 Å². The number of amides is 1. The van der Waals surface area contributed by atoms with Crippen molar-refractivity contribution in [3.63, 3.8) is 0 Å². The fraction of sp³-hybridized carbons (Fsp3) is 0.364. The third-order valence-electron chi connectivity index (χ3n) is 2.14. The number of benzene rings is 1. The molecule has 0 aromatic heterocycles. The zero-order valence-corrected chi connectivity index (χ0v) is 11.5. The molecule has 0 aliphatic rings. The van der Waals surface area contributed by atoms with Gasteiger partial charge in [0.15, 0.2) is 0 Å². The number of halogens is 2. The third kappa shape index (κ3) is 3.76. The number of rotatable bonds is 4. The molecular formula is C11H12BrFN2O3. The van der Waals surface area contributed by atoms with Crippen LogP contribution in [0.4, 0.5) is 10.1 Å². The van der Waals surface area contributed by atoms with Crippen molar-refractivity contribution in [2.45, 2.75) is 19.4 Å².